The first-order valence-electron chi connectivity index (χ1n) is 6.28. The topological polar surface area (TPSA) is 44.5 Å². The summed E-state index contributed by atoms with van der Waals surface area (Å²) in [6.45, 7) is 3.20. The van der Waals surface area contributed by atoms with Gasteiger partial charge in [0.15, 0.2) is 0 Å². The van der Waals surface area contributed by atoms with E-state index in [1.807, 2.05) is 30.3 Å². The summed E-state index contributed by atoms with van der Waals surface area (Å²) in [6.07, 6.45) is 0. The van der Waals surface area contributed by atoms with Crippen LogP contribution in [0, 0.1) is 6.92 Å². The maximum Gasteiger partial charge on any atom is 0.120 e. The lowest BCUT2D eigenvalue weighted by molar-refractivity contribution is 0.304. The Kier molecular flexibility index (Phi) is 4.42. The summed E-state index contributed by atoms with van der Waals surface area (Å²) in [5.41, 5.74) is 9.14. The third-order valence-electron chi connectivity index (χ3n) is 3.10. The van der Waals surface area contributed by atoms with E-state index in [2.05, 4.69) is 19.1 Å². The number of rotatable bonds is 5. The van der Waals surface area contributed by atoms with Crippen molar-refractivity contribution in [3.05, 3.63) is 59.2 Å². The second kappa shape index (κ2) is 6.25. The highest BCUT2D eigenvalue weighted by Gasteiger charge is 2.01. The van der Waals surface area contributed by atoms with Crippen LogP contribution in [-0.2, 0) is 13.2 Å². The molecule has 2 aromatic rings. The predicted molar refractivity (Wildman–Crippen MR) is 76.4 cm³/mol. The standard InChI is InChI=1S/C16H19NO2/c1-12-9-13(10-17)3-4-14(12)11-19-16-7-5-15(18-2)6-8-16/h3-9H,10-11,17H2,1-2H3. The van der Waals surface area contributed by atoms with Crippen LogP contribution in [0.25, 0.3) is 0 Å². The second-order valence-electron chi connectivity index (χ2n) is 4.43. The lowest BCUT2D eigenvalue weighted by atomic mass is 10.1. The monoisotopic (exact) mass is 257 g/mol. The molecule has 0 aliphatic carbocycles. The van der Waals surface area contributed by atoms with E-state index in [0.29, 0.717) is 13.2 Å². The minimum Gasteiger partial charge on any atom is -0.497 e. The Balaban J connectivity index is 2.01. The number of methoxy groups -OCH3 is 1. The van der Waals surface area contributed by atoms with Gasteiger partial charge >= 0.3 is 0 Å². The molecule has 0 aromatic heterocycles. The maximum atomic E-state index is 5.76. The van der Waals surface area contributed by atoms with Gasteiger partial charge in [0.05, 0.1) is 7.11 Å². The molecule has 2 rings (SSSR count). The Hall–Kier alpha value is -2.00. The molecule has 0 unspecified atom stereocenters. The SMILES string of the molecule is COc1ccc(OCc2ccc(CN)cc2C)cc1. The first-order valence-corrected chi connectivity index (χ1v) is 6.28. The first kappa shape index (κ1) is 13.4. The van der Waals surface area contributed by atoms with Crippen LogP contribution in [0.4, 0.5) is 0 Å². The average molecular weight is 257 g/mol. The summed E-state index contributed by atoms with van der Waals surface area (Å²) in [5.74, 6) is 1.67. The molecule has 0 atom stereocenters. The van der Waals surface area contributed by atoms with Crippen LogP contribution in [0.2, 0.25) is 0 Å². The van der Waals surface area contributed by atoms with Gasteiger partial charge in [0.1, 0.15) is 18.1 Å². The zero-order chi connectivity index (χ0) is 13.7. The fourth-order valence-electron chi connectivity index (χ4n) is 1.88. The van der Waals surface area contributed by atoms with Crippen LogP contribution < -0.4 is 15.2 Å². The van der Waals surface area contributed by atoms with Gasteiger partial charge in [0, 0.05) is 6.54 Å². The van der Waals surface area contributed by atoms with Gasteiger partial charge in [0.2, 0.25) is 0 Å². The molecule has 0 saturated heterocycles. The molecule has 0 fully saturated rings. The minimum atomic E-state index is 0.559. The molecule has 0 amide bonds. The van der Waals surface area contributed by atoms with Crippen LogP contribution in [0.1, 0.15) is 16.7 Å². The van der Waals surface area contributed by atoms with E-state index in [1.165, 1.54) is 11.1 Å². The molecule has 0 aliphatic heterocycles. The molecule has 3 nitrogen and oxygen atoms in total. The van der Waals surface area contributed by atoms with E-state index < -0.39 is 0 Å². The van der Waals surface area contributed by atoms with E-state index in [9.17, 15) is 0 Å². The molecule has 100 valence electrons. The van der Waals surface area contributed by atoms with E-state index in [0.717, 1.165) is 17.1 Å². The van der Waals surface area contributed by atoms with E-state index >= 15 is 0 Å². The zero-order valence-electron chi connectivity index (χ0n) is 11.3. The van der Waals surface area contributed by atoms with Gasteiger partial charge in [-0.15, -0.1) is 0 Å². The quantitative estimate of drug-likeness (QED) is 0.895. The van der Waals surface area contributed by atoms with Gasteiger partial charge in [-0.2, -0.15) is 0 Å². The van der Waals surface area contributed by atoms with Crippen LogP contribution in [0.5, 0.6) is 11.5 Å². The Bertz CT molecular complexity index is 535. The average Bonchev–Trinajstić information content (AvgIpc) is 2.46. The Morgan fingerprint density at radius 3 is 2.26 bits per heavy atom. The van der Waals surface area contributed by atoms with Crippen molar-refractivity contribution < 1.29 is 9.47 Å². The smallest absolute Gasteiger partial charge is 0.120 e. The van der Waals surface area contributed by atoms with Crippen molar-refractivity contribution in [3.63, 3.8) is 0 Å². The maximum absolute atomic E-state index is 5.76. The fraction of sp³-hybridized carbons (Fsp3) is 0.250. The van der Waals surface area contributed by atoms with Crippen molar-refractivity contribution in [3.8, 4) is 11.5 Å². The summed E-state index contributed by atoms with van der Waals surface area (Å²) < 4.78 is 10.9. The van der Waals surface area contributed by atoms with E-state index in [4.69, 9.17) is 15.2 Å². The first-order chi connectivity index (χ1) is 9.22. The molecule has 2 aromatic carbocycles. The third kappa shape index (κ3) is 3.48. The molecule has 2 N–H and O–H groups in total. The highest BCUT2D eigenvalue weighted by atomic mass is 16.5. The van der Waals surface area contributed by atoms with Crippen molar-refractivity contribution in [2.75, 3.05) is 7.11 Å². The van der Waals surface area contributed by atoms with Crippen LogP contribution in [0.3, 0.4) is 0 Å². The largest absolute Gasteiger partial charge is 0.497 e. The van der Waals surface area contributed by atoms with Gasteiger partial charge in [-0.25, -0.2) is 0 Å². The number of benzene rings is 2. The Labute approximate surface area is 114 Å². The summed E-state index contributed by atoms with van der Waals surface area (Å²) >= 11 is 0. The van der Waals surface area contributed by atoms with Crippen molar-refractivity contribution in [1.82, 2.24) is 0 Å². The Morgan fingerprint density at radius 1 is 1.00 bits per heavy atom. The molecule has 0 aliphatic rings. The number of ether oxygens (including phenoxy) is 2. The van der Waals surface area contributed by atoms with Crippen molar-refractivity contribution in [1.29, 1.82) is 0 Å². The van der Waals surface area contributed by atoms with Gasteiger partial charge in [-0.1, -0.05) is 18.2 Å². The molecular formula is C16H19NO2. The normalized spacial score (nSPS) is 10.3. The predicted octanol–water partition coefficient (Wildman–Crippen LogP) is 3.04. The summed E-state index contributed by atoms with van der Waals surface area (Å²) in [6, 6.07) is 13.8. The lowest BCUT2D eigenvalue weighted by Crippen LogP contribution is -2.01. The van der Waals surface area contributed by atoms with Gasteiger partial charge in [-0.05, 0) is 47.9 Å². The molecular weight excluding hydrogens is 238 g/mol. The van der Waals surface area contributed by atoms with Gasteiger partial charge < -0.3 is 15.2 Å². The number of hydrogen-bond acceptors (Lipinski definition) is 3. The van der Waals surface area contributed by atoms with Crippen molar-refractivity contribution in [2.24, 2.45) is 5.73 Å². The minimum absolute atomic E-state index is 0.559. The number of aryl methyl sites for hydroxylation is 1. The fourth-order valence-corrected chi connectivity index (χ4v) is 1.88. The van der Waals surface area contributed by atoms with Gasteiger partial charge in [0.25, 0.3) is 0 Å². The van der Waals surface area contributed by atoms with Crippen LogP contribution in [-0.4, -0.2) is 7.11 Å². The zero-order valence-corrected chi connectivity index (χ0v) is 11.3. The van der Waals surface area contributed by atoms with Crippen LogP contribution >= 0.6 is 0 Å². The lowest BCUT2D eigenvalue weighted by Gasteiger charge is -2.10. The molecule has 0 heterocycles. The highest BCUT2D eigenvalue weighted by molar-refractivity contribution is 5.33. The molecule has 0 bridgehead atoms. The summed E-state index contributed by atoms with van der Waals surface area (Å²) in [7, 11) is 1.65. The van der Waals surface area contributed by atoms with E-state index in [1.54, 1.807) is 7.11 Å². The van der Waals surface area contributed by atoms with Crippen molar-refractivity contribution >= 4 is 0 Å². The molecule has 19 heavy (non-hydrogen) atoms. The number of nitrogens with two attached hydrogens (primary N) is 1. The van der Waals surface area contributed by atoms with E-state index in [-0.39, 0.29) is 0 Å². The summed E-state index contributed by atoms with van der Waals surface area (Å²) in [5, 5.41) is 0. The summed E-state index contributed by atoms with van der Waals surface area (Å²) in [4.78, 5) is 0. The molecule has 0 radical (unpaired) electrons. The molecule has 0 saturated carbocycles. The Morgan fingerprint density at radius 2 is 1.68 bits per heavy atom. The van der Waals surface area contributed by atoms with Crippen molar-refractivity contribution in [2.45, 2.75) is 20.1 Å². The van der Waals surface area contributed by atoms with Crippen LogP contribution in [0.15, 0.2) is 42.5 Å². The molecule has 0 spiro atoms. The molecule has 3 heteroatoms. The number of hydrogen-bond donors (Lipinski definition) is 1. The third-order valence-corrected chi connectivity index (χ3v) is 3.10. The van der Waals surface area contributed by atoms with Gasteiger partial charge in [-0.3, -0.25) is 0 Å². The highest BCUT2D eigenvalue weighted by Crippen LogP contribution is 2.19. The second-order valence-corrected chi connectivity index (χ2v) is 4.43.